The molecule has 223 valence electrons. The van der Waals surface area contributed by atoms with Crippen molar-refractivity contribution in [3.63, 3.8) is 0 Å². The molecule has 0 aromatic heterocycles. The van der Waals surface area contributed by atoms with Crippen molar-refractivity contribution in [3.05, 3.63) is 70.1 Å². The van der Waals surface area contributed by atoms with Crippen LogP contribution in [0.25, 0.3) is 0 Å². The van der Waals surface area contributed by atoms with Crippen molar-refractivity contribution < 1.29 is 19.2 Å². The summed E-state index contributed by atoms with van der Waals surface area (Å²) < 4.78 is 0. The van der Waals surface area contributed by atoms with Gasteiger partial charge in [-0.25, -0.2) is 0 Å². The zero-order valence-corrected chi connectivity index (χ0v) is 25.0. The highest BCUT2D eigenvalue weighted by Gasteiger charge is 2.54. The smallest absolute Gasteiger partial charge is 0.250 e. The first-order valence-electron chi connectivity index (χ1n) is 14.5. The maximum absolute atomic E-state index is 14.0. The summed E-state index contributed by atoms with van der Waals surface area (Å²) in [4.78, 5) is 57.5. The molecule has 0 bridgehead atoms. The molecule has 2 aromatic rings. The lowest BCUT2D eigenvalue weighted by atomic mass is 9.85. The Bertz CT molecular complexity index is 1340. The molecule has 2 saturated heterocycles. The third-order valence-corrected chi connectivity index (χ3v) is 9.52. The molecule has 1 radical (unpaired) electrons. The summed E-state index contributed by atoms with van der Waals surface area (Å²) >= 11 is 12.2. The van der Waals surface area contributed by atoms with Gasteiger partial charge in [0.05, 0.1) is 28.7 Å². The number of para-hydroxylation sites is 1. The summed E-state index contributed by atoms with van der Waals surface area (Å²) in [6.07, 6.45) is 7.92. The number of rotatable bonds is 8. The molecule has 3 fully saturated rings. The SMILES string of the molecule is NC(=O)c1c(C[CH]C(=O)N2CCC3(CC2)C(=O)N(CC(=O)NC2CCCCC2)CN3c2ccccc2)ccc(Cl)c1Cl. The lowest BCUT2D eigenvalue weighted by Gasteiger charge is -2.43. The number of hydrogen-bond donors (Lipinski definition) is 2. The van der Waals surface area contributed by atoms with Crippen molar-refractivity contribution in [3.8, 4) is 0 Å². The Morgan fingerprint density at radius 1 is 1.00 bits per heavy atom. The molecule has 11 heteroatoms. The molecular weight excluding hydrogens is 577 g/mol. The van der Waals surface area contributed by atoms with Gasteiger partial charge in [0, 0.05) is 24.8 Å². The van der Waals surface area contributed by atoms with Gasteiger partial charge >= 0.3 is 0 Å². The fourth-order valence-corrected chi connectivity index (χ4v) is 6.90. The lowest BCUT2D eigenvalue weighted by molar-refractivity contribution is -0.139. The Kier molecular flexibility index (Phi) is 9.28. The molecule has 4 amide bonds. The normalized spacial score (nSPS) is 18.9. The van der Waals surface area contributed by atoms with E-state index in [4.69, 9.17) is 28.9 Å². The van der Waals surface area contributed by atoms with Crippen molar-refractivity contribution in [2.75, 3.05) is 31.2 Å². The van der Waals surface area contributed by atoms with Gasteiger partial charge in [0.2, 0.25) is 11.8 Å². The van der Waals surface area contributed by atoms with Gasteiger partial charge in [0.25, 0.3) is 11.8 Å². The lowest BCUT2D eigenvalue weighted by Crippen LogP contribution is -2.57. The number of nitrogens with one attached hydrogen (secondary N) is 1. The Morgan fingerprint density at radius 3 is 2.36 bits per heavy atom. The van der Waals surface area contributed by atoms with Gasteiger partial charge in [-0.1, -0.05) is 66.7 Å². The van der Waals surface area contributed by atoms with Crippen LogP contribution in [0.1, 0.15) is 60.9 Å². The average molecular weight is 614 g/mol. The fraction of sp³-hybridized carbons (Fsp3) is 0.452. The minimum absolute atomic E-state index is 0.0166. The minimum atomic E-state index is -0.841. The summed E-state index contributed by atoms with van der Waals surface area (Å²) in [7, 11) is 0. The third-order valence-electron chi connectivity index (χ3n) is 8.71. The molecule has 0 unspecified atom stereocenters. The number of amides is 4. The fourth-order valence-electron chi connectivity index (χ4n) is 6.47. The first kappa shape index (κ1) is 30.2. The molecule has 0 atom stereocenters. The predicted octanol–water partition coefficient (Wildman–Crippen LogP) is 3.96. The van der Waals surface area contributed by atoms with Crippen molar-refractivity contribution >= 4 is 52.5 Å². The predicted molar refractivity (Wildman–Crippen MR) is 162 cm³/mol. The molecule has 5 rings (SSSR count). The molecule has 3 N–H and O–H groups in total. The zero-order chi connectivity index (χ0) is 29.9. The molecule has 2 aromatic carbocycles. The molecule has 42 heavy (non-hydrogen) atoms. The Hall–Kier alpha value is -3.30. The second-order valence-electron chi connectivity index (χ2n) is 11.3. The summed E-state index contributed by atoms with van der Waals surface area (Å²) in [6.45, 7) is 1.07. The summed E-state index contributed by atoms with van der Waals surface area (Å²) in [5.74, 6) is -1.12. The van der Waals surface area contributed by atoms with E-state index in [0.29, 0.717) is 38.2 Å². The van der Waals surface area contributed by atoms with Gasteiger partial charge in [-0.15, -0.1) is 0 Å². The Morgan fingerprint density at radius 2 is 1.69 bits per heavy atom. The molecule has 1 spiro atoms. The van der Waals surface area contributed by atoms with E-state index < -0.39 is 11.4 Å². The maximum Gasteiger partial charge on any atom is 0.250 e. The van der Waals surface area contributed by atoms with Gasteiger partial charge in [0.15, 0.2) is 0 Å². The topological polar surface area (TPSA) is 116 Å². The van der Waals surface area contributed by atoms with Crippen LogP contribution in [0.2, 0.25) is 10.0 Å². The molecule has 3 aliphatic rings. The highest BCUT2D eigenvalue weighted by Crippen LogP contribution is 2.39. The number of nitrogens with zero attached hydrogens (tertiary/aromatic N) is 3. The quantitative estimate of drug-likeness (QED) is 0.468. The van der Waals surface area contributed by atoms with E-state index in [1.807, 2.05) is 30.3 Å². The second kappa shape index (κ2) is 12.9. The number of primary amides is 1. The molecule has 2 heterocycles. The number of carbonyl (C=O) groups is 4. The number of halogens is 2. The van der Waals surface area contributed by atoms with Crippen molar-refractivity contribution in [2.45, 2.75) is 62.9 Å². The average Bonchev–Trinajstić information content (AvgIpc) is 3.24. The number of nitrogens with two attached hydrogens (primary N) is 1. The van der Waals surface area contributed by atoms with Gasteiger partial charge in [-0.3, -0.25) is 19.2 Å². The molecular formula is C31H36Cl2N5O4. The van der Waals surface area contributed by atoms with Crippen LogP contribution in [0.3, 0.4) is 0 Å². The van der Waals surface area contributed by atoms with Crippen LogP contribution < -0.4 is 16.0 Å². The van der Waals surface area contributed by atoms with E-state index in [-0.39, 0.29) is 52.3 Å². The zero-order valence-electron chi connectivity index (χ0n) is 23.5. The van der Waals surface area contributed by atoms with Crippen LogP contribution in [0.5, 0.6) is 0 Å². The van der Waals surface area contributed by atoms with Crippen molar-refractivity contribution in [1.29, 1.82) is 0 Å². The number of hydrogen-bond acceptors (Lipinski definition) is 5. The van der Waals surface area contributed by atoms with Crippen LogP contribution in [-0.2, 0) is 20.8 Å². The van der Waals surface area contributed by atoms with E-state index in [2.05, 4.69) is 10.2 Å². The highest BCUT2D eigenvalue weighted by atomic mass is 35.5. The van der Waals surface area contributed by atoms with Gasteiger partial charge < -0.3 is 25.8 Å². The number of carbonyl (C=O) groups excluding carboxylic acids is 4. The van der Waals surface area contributed by atoms with Crippen molar-refractivity contribution in [1.82, 2.24) is 15.1 Å². The monoisotopic (exact) mass is 612 g/mol. The second-order valence-corrected chi connectivity index (χ2v) is 12.1. The van der Waals surface area contributed by atoms with Gasteiger partial charge in [-0.05, 0) is 55.9 Å². The third kappa shape index (κ3) is 6.22. The van der Waals surface area contributed by atoms with E-state index in [1.54, 1.807) is 21.9 Å². The van der Waals surface area contributed by atoms with Crippen molar-refractivity contribution in [2.24, 2.45) is 5.73 Å². The highest BCUT2D eigenvalue weighted by molar-refractivity contribution is 6.44. The van der Waals surface area contributed by atoms with E-state index >= 15 is 0 Å². The number of anilines is 1. The van der Waals surface area contributed by atoms with E-state index in [9.17, 15) is 19.2 Å². The van der Waals surface area contributed by atoms with Crippen LogP contribution in [0.4, 0.5) is 5.69 Å². The van der Waals surface area contributed by atoms with Crippen LogP contribution in [0, 0.1) is 6.42 Å². The molecule has 1 aliphatic carbocycles. The minimum Gasteiger partial charge on any atom is -0.366 e. The molecule has 1 saturated carbocycles. The largest absolute Gasteiger partial charge is 0.366 e. The van der Waals surface area contributed by atoms with E-state index in [1.165, 1.54) is 12.8 Å². The van der Waals surface area contributed by atoms with E-state index in [0.717, 1.165) is 31.4 Å². The number of likely N-dealkylation sites (tertiary alicyclic amines) is 1. The van der Waals surface area contributed by atoms with Gasteiger partial charge in [0.1, 0.15) is 12.1 Å². The number of benzene rings is 2. The Labute approximate surface area is 256 Å². The number of piperidine rings is 1. The summed E-state index contributed by atoms with van der Waals surface area (Å²) in [6, 6.07) is 13.1. The molecule has 2 aliphatic heterocycles. The Balaban J connectivity index is 1.25. The van der Waals surface area contributed by atoms with Gasteiger partial charge in [-0.2, -0.15) is 0 Å². The van der Waals surface area contributed by atoms with Crippen LogP contribution in [-0.4, -0.2) is 71.3 Å². The van der Waals surface area contributed by atoms with Crippen LogP contribution in [0.15, 0.2) is 42.5 Å². The summed E-state index contributed by atoms with van der Waals surface area (Å²) in [5, 5.41) is 3.41. The molecule has 9 nitrogen and oxygen atoms in total. The van der Waals surface area contributed by atoms with Crippen LogP contribution >= 0.6 is 23.2 Å². The first-order chi connectivity index (χ1) is 20.2. The first-order valence-corrected chi connectivity index (χ1v) is 15.3. The standard InChI is InChI=1S/C31H36Cl2N5O4/c32-24-13-11-21(27(28(24)33)29(34)41)12-14-26(40)36-17-15-31(16-18-36)30(42)37(20-38(31)23-9-5-2-6-10-23)19-25(39)35-22-7-3-1-4-8-22/h2,5-6,9-11,13-14,22H,1,3-4,7-8,12,15-20H2,(H2,34,41)(H,35,39). The summed E-state index contributed by atoms with van der Waals surface area (Å²) in [5.41, 5.74) is 6.19. The maximum atomic E-state index is 14.0.